The summed E-state index contributed by atoms with van der Waals surface area (Å²) >= 11 is 0. The summed E-state index contributed by atoms with van der Waals surface area (Å²) in [6.45, 7) is 0. The van der Waals surface area contributed by atoms with Crippen LogP contribution in [0.2, 0.25) is 0 Å². The lowest BCUT2D eigenvalue weighted by Crippen LogP contribution is -2.33. The van der Waals surface area contributed by atoms with E-state index >= 15 is 0 Å². The normalized spacial score (nSPS) is 10.6. The van der Waals surface area contributed by atoms with Gasteiger partial charge in [-0.05, 0) is 36.4 Å². The average molecular weight is 352 g/mol. The molecule has 6 nitrogen and oxygen atoms in total. The lowest BCUT2D eigenvalue weighted by molar-refractivity contribution is 1.10. The molecule has 3 heterocycles. The number of nitrogens with zero attached hydrogens (tertiary/aromatic N) is 6. The van der Waals surface area contributed by atoms with Crippen LogP contribution in [0.15, 0.2) is 73.2 Å². The highest BCUT2D eigenvalue weighted by Crippen LogP contribution is 2.49. The maximum Gasteiger partial charge on any atom is 0.211 e. The summed E-state index contributed by atoms with van der Waals surface area (Å²) in [5.41, 5.74) is 0. The van der Waals surface area contributed by atoms with Gasteiger partial charge in [-0.1, -0.05) is 18.2 Å². The average Bonchev–Trinajstić information content (AvgIpc) is 2.70. The van der Waals surface area contributed by atoms with Crippen molar-refractivity contribution >= 4 is 25.8 Å². The van der Waals surface area contributed by atoms with E-state index in [1.54, 1.807) is 18.6 Å². The Balaban J connectivity index is 1.99. The molecule has 0 bridgehead atoms. The van der Waals surface area contributed by atoms with E-state index in [-0.39, 0.29) is 0 Å². The third-order valence-electron chi connectivity index (χ3n) is 3.75. The molecule has 3 aromatic heterocycles. The van der Waals surface area contributed by atoms with Gasteiger partial charge in [0.1, 0.15) is 17.5 Å². The van der Waals surface area contributed by atoms with Gasteiger partial charge in [-0.3, -0.25) is 0 Å². The minimum atomic E-state index is -0.961. The second-order valence-corrected chi connectivity index (χ2v) is 7.74. The summed E-state index contributed by atoms with van der Waals surface area (Å²) in [4.78, 5) is 13.5. The van der Waals surface area contributed by atoms with Gasteiger partial charge in [0.15, 0.2) is 0 Å². The summed E-state index contributed by atoms with van der Waals surface area (Å²) < 4.78 is 6.50. The van der Waals surface area contributed by atoms with Crippen LogP contribution in [0.25, 0.3) is 0 Å². The SMILES string of the molecule is CN(c1ccccn1)P(N(C)c1ccccn1)N(C)c1ccccn1. The molecule has 0 saturated heterocycles. The molecule has 3 rings (SSSR count). The second-order valence-electron chi connectivity index (χ2n) is 5.40. The standard InChI is InChI=1S/C18H21N6P/c1-22(16-10-4-7-13-19-16)25(23(2)17-11-5-8-14-20-17)24(3)18-12-6-9-15-21-18/h4-15H,1-3H3. The van der Waals surface area contributed by atoms with Crippen LogP contribution in [0.1, 0.15) is 0 Å². The summed E-state index contributed by atoms with van der Waals surface area (Å²) in [6.07, 6.45) is 5.42. The number of hydrogen-bond donors (Lipinski definition) is 0. The van der Waals surface area contributed by atoms with Crippen LogP contribution < -0.4 is 14.0 Å². The van der Waals surface area contributed by atoms with Gasteiger partial charge in [-0.2, -0.15) is 0 Å². The molecule has 0 radical (unpaired) electrons. The molecular formula is C18H21N6P. The second kappa shape index (κ2) is 7.90. The Morgan fingerprint density at radius 2 is 0.880 bits per heavy atom. The van der Waals surface area contributed by atoms with Gasteiger partial charge in [-0.25, -0.2) is 15.0 Å². The number of pyridine rings is 3. The molecule has 0 saturated carbocycles. The van der Waals surface area contributed by atoms with Gasteiger partial charge >= 0.3 is 0 Å². The van der Waals surface area contributed by atoms with Crippen LogP contribution in [-0.2, 0) is 0 Å². The highest BCUT2D eigenvalue weighted by Gasteiger charge is 2.28. The first-order valence-corrected chi connectivity index (χ1v) is 9.12. The van der Waals surface area contributed by atoms with Crippen molar-refractivity contribution in [3.05, 3.63) is 73.2 Å². The number of hydrogen-bond acceptors (Lipinski definition) is 6. The van der Waals surface area contributed by atoms with Crippen molar-refractivity contribution in [3.63, 3.8) is 0 Å². The molecule has 0 spiro atoms. The van der Waals surface area contributed by atoms with Gasteiger partial charge in [0.2, 0.25) is 8.37 Å². The van der Waals surface area contributed by atoms with Gasteiger partial charge in [-0.15, -0.1) is 0 Å². The summed E-state index contributed by atoms with van der Waals surface area (Å²) in [6, 6.07) is 17.8. The molecule has 3 aromatic rings. The lowest BCUT2D eigenvalue weighted by atomic mass is 10.5. The molecule has 0 unspecified atom stereocenters. The first-order valence-electron chi connectivity index (χ1n) is 7.92. The van der Waals surface area contributed by atoms with Crippen molar-refractivity contribution in [1.29, 1.82) is 0 Å². The molecule has 0 atom stereocenters. The summed E-state index contributed by atoms with van der Waals surface area (Å²) in [5.74, 6) is 2.71. The molecule has 25 heavy (non-hydrogen) atoms. The first-order chi connectivity index (χ1) is 12.2. The van der Waals surface area contributed by atoms with Crippen molar-refractivity contribution in [2.75, 3.05) is 35.2 Å². The van der Waals surface area contributed by atoms with E-state index in [1.807, 2.05) is 75.7 Å². The Labute approximate surface area is 149 Å². The minimum absolute atomic E-state index is 0.902. The predicted octanol–water partition coefficient (Wildman–Crippen LogP) is 3.81. The van der Waals surface area contributed by atoms with Gasteiger partial charge in [0, 0.05) is 39.7 Å². The van der Waals surface area contributed by atoms with Crippen LogP contribution >= 0.6 is 8.37 Å². The highest BCUT2D eigenvalue weighted by atomic mass is 31.2. The fourth-order valence-corrected chi connectivity index (χ4v) is 4.63. The van der Waals surface area contributed by atoms with Crippen LogP contribution in [0.5, 0.6) is 0 Å². The number of rotatable bonds is 6. The Bertz CT molecular complexity index is 663. The van der Waals surface area contributed by atoms with Crippen molar-refractivity contribution in [1.82, 2.24) is 15.0 Å². The lowest BCUT2D eigenvalue weighted by Gasteiger charge is -2.41. The quantitative estimate of drug-likeness (QED) is 0.629. The van der Waals surface area contributed by atoms with Crippen molar-refractivity contribution in [3.8, 4) is 0 Å². The van der Waals surface area contributed by atoms with Crippen molar-refractivity contribution in [2.45, 2.75) is 0 Å². The molecule has 0 aromatic carbocycles. The molecule has 7 heteroatoms. The van der Waals surface area contributed by atoms with E-state index in [0.717, 1.165) is 17.5 Å². The fourth-order valence-electron chi connectivity index (χ4n) is 2.51. The van der Waals surface area contributed by atoms with Crippen molar-refractivity contribution in [2.24, 2.45) is 0 Å². The van der Waals surface area contributed by atoms with Gasteiger partial charge in [0.05, 0.1) is 0 Å². The Kier molecular flexibility index (Phi) is 5.41. The van der Waals surface area contributed by atoms with E-state index < -0.39 is 8.37 Å². The van der Waals surface area contributed by atoms with Crippen LogP contribution in [0.3, 0.4) is 0 Å². The summed E-state index contributed by atoms with van der Waals surface area (Å²) in [5, 5.41) is 0. The number of aromatic nitrogens is 3. The van der Waals surface area contributed by atoms with Crippen molar-refractivity contribution < 1.29 is 0 Å². The largest absolute Gasteiger partial charge is 0.304 e. The third kappa shape index (κ3) is 3.86. The Hall–Kier alpha value is -2.72. The molecule has 0 N–H and O–H groups in total. The number of anilines is 3. The van der Waals surface area contributed by atoms with Crippen LogP contribution in [0, 0.1) is 0 Å². The Morgan fingerprint density at radius 1 is 0.560 bits per heavy atom. The minimum Gasteiger partial charge on any atom is -0.304 e. The molecule has 0 aliphatic heterocycles. The van der Waals surface area contributed by atoms with Crippen LogP contribution in [-0.4, -0.2) is 36.1 Å². The molecule has 128 valence electrons. The first kappa shape index (κ1) is 17.1. The van der Waals surface area contributed by atoms with Gasteiger partial charge < -0.3 is 14.0 Å². The fraction of sp³-hybridized carbons (Fsp3) is 0.167. The molecule has 0 amide bonds. The van der Waals surface area contributed by atoms with E-state index in [0.29, 0.717) is 0 Å². The summed E-state index contributed by atoms with van der Waals surface area (Å²) in [7, 11) is 5.18. The zero-order valence-electron chi connectivity index (χ0n) is 14.6. The highest BCUT2D eigenvalue weighted by molar-refractivity contribution is 7.62. The van der Waals surface area contributed by atoms with E-state index in [4.69, 9.17) is 0 Å². The molecule has 0 fully saturated rings. The zero-order chi connectivity index (χ0) is 17.6. The van der Waals surface area contributed by atoms with E-state index in [9.17, 15) is 0 Å². The molecule has 0 aliphatic carbocycles. The zero-order valence-corrected chi connectivity index (χ0v) is 15.5. The predicted molar refractivity (Wildman–Crippen MR) is 105 cm³/mol. The van der Waals surface area contributed by atoms with Crippen LogP contribution in [0.4, 0.5) is 17.5 Å². The molecular weight excluding hydrogens is 331 g/mol. The topological polar surface area (TPSA) is 48.4 Å². The maximum absolute atomic E-state index is 4.50. The third-order valence-corrected chi connectivity index (χ3v) is 5.97. The monoisotopic (exact) mass is 352 g/mol. The van der Waals surface area contributed by atoms with E-state index in [2.05, 4.69) is 29.0 Å². The maximum atomic E-state index is 4.50. The Morgan fingerprint density at radius 3 is 1.12 bits per heavy atom. The smallest absolute Gasteiger partial charge is 0.211 e. The van der Waals surface area contributed by atoms with Gasteiger partial charge in [0.25, 0.3) is 0 Å². The molecule has 0 aliphatic rings. The van der Waals surface area contributed by atoms with E-state index in [1.165, 1.54) is 0 Å².